The zero-order valence-electron chi connectivity index (χ0n) is 7.47. The molecule has 0 aliphatic carbocycles. The van der Waals surface area contributed by atoms with Crippen LogP contribution in [0.4, 0.5) is 0 Å². The molecule has 0 aliphatic rings. The minimum absolute atomic E-state index is 0.0376. The van der Waals surface area contributed by atoms with E-state index in [2.05, 4.69) is 4.98 Å². The van der Waals surface area contributed by atoms with Crippen molar-refractivity contribution < 1.29 is 19.8 Å². The van der Waals surface area contributed by atoms with Crippen LogP contribution in [0.1, 0.15) is 17.2 Å². The molecule has 2 N–H and O–H groups in total. The van der Waals surface area contributed by atoms with Gasteiger partial charge in [0, 0.05) is 6.20 Å². The number of nitrogens with zero attached hydrogens (tertiary/aromatic N) is 1. The largest absolute Gasteiger partial charge is 0.480 e. The first-order valence-electron chi connectivity index (χ1n) is 3.90. The Morgan fingerprint density at radius 2 is 1.86 bits per heavy atom. The lowest BCUT2D eigenvalue weighted by molar-refractivity contribution is -0.150. The summed E-state index contributed by atoms with van der Waals surface area (Å²) in [5.74, 6) is -4.40. The van der Waals surface area contributed by atoms with Crippen LogP contribution in [0.25, 0.3) is 0 Å². The van der Waals surface area contributed by atoms with Gasteiger partial charge in [-0.1, -0.05) is 6.07 Å². The summed E-state index contributed by atoms with van der Waals surface area (Å²) in [6.45, 7) is 1.79. The van der Waals surface area contributed by atoms with E-state index >= 15 is 0 Å². The average Bonchev–Trinajstić information content (AvgIpc) is 2.07. The minimum atomic E-state index is -1.59. The molecule has 0 atom stereocenters. The molecule has 0 aliphatic heterocycles. The first-order valence-corrected chi connectivity index (χ1v) is 3.90. The molecule has 0 spiro atoms. The SMILES string of the molecule is Cc1ccc(C(C(=O)O)C(=O)O)nc1. The highest BCUT2D eigenvalue weighted by molar-refractivity contribution is 5.98. The van der Waals surface area contributed by atoms with Crippen molar-refractivity contribution in [3.05, 3.63) is 29.6 Å². The van der Waals surface area contributed by atoms with Crippen molar-refractivity contribution >= 4 is 11.9 Å². The normalized spacial score (nSPS) is 10.1. The van der Waals surface area contributed by atoms with Crippen LogP contribution in [0.5, 0.6) is 0 Å². The Morgan fingerprint density at radius 1 is 1.29 bits per heavy atom. The number of aliphatic carboxylic acids is 2. The quantitative estimate of drug-likeness (QED) is 0.691. The molecule has 0 saturated heterocycles. The van der Waals surface area contributed by atoms with E-state index in [9.17, 15) is 9.59 Å². The van der Waals surface area contributed by atoms with Gasteiger partial charge < -0.3 is 10.2 Å². The van der Waals surface area contributed by atoms with Gasteiger partial charge in [0.1, 0.15) is 0 Å². The van der Waals surface area contributed by atoms with Crippen molar-refractivity contribution in [2.75, 3.05) is 0 Å². The summed E-state index contributed by atoms with van der Waals surface area (Å²) in [4.78, 5) is 25.0. The predicted molar refractivity (Wildman–Crippen MR) is 47.0 cm³/mol. The molecule has 0 unspecified atom stereocenters. The smallest absolute Gasteiger partial charge is 0.324 e. The van der Waals surface area contributed by atoms with Crippen molar-refractivity contribution in [3.63, 3.8) is 0 Å². The molecule has 5 nitrogen and oxygen atoms in total. The van der Waals surface area contributed by atoms with Gasteiger partial charge in [0.25, 0.3) is 0 Å². The summed E-state index contributed by atoms with van der Waals surface area (Å²) in [5.41, 5.74) is 0.888. The van der Waals surface area contributed by atoms with E-state index in [1.165, 1.54) is 12.3 Å². The second-order valence-electron chi connectivity index (χ2n) is 2.87. The molecule has 1 heterocycles. The van der Waals surface area contributed by atoms with Gasteiger partial charge in [-0.25, -0.2) is 0 Å². The number of carboxylic acid groups (broad SMARTS) is 2. The number of aryl methyl sites for hydroxylation is 1. The number of hydrogen-bond donors (Lipinski definition) is 2. The van der Waals surface area contributed by atoms with Crippen LogP contribution in [-0.4, -0.2) is 27.1 Å². The van der Waals surface area contributed by atoms with Gasteiger partial charge in [-0.05, 0) is 18.6 Å². The molecule has 1 rings (SSSR count). The maximum Gasteiger partial charge on any atom is 0.324 e. The van der Waals surface area contributed by atoms with E-state index in [4.69, 9.17) is 10.2 Å². The van der Waals surface area contributed by atoms with Crippen LogP contribution >= 0.6 is 0 Å². The Kier molecular flexibility index (Phi) is 2.81. The fourth-order valence-corrected chi connectivity index (χ4v) is 1.01. The van der Waals surface area contributed by atoms with E-state index in [0.29, 0.717) is 0 Å². The molecule has 1 aromatic rings. The standard InChI is InChI=1S/C9H9NO4/c1-5-2-3-6(10-4-5)7(8(11)12)9(13)14/h2-4,7H,1H3,(H,11,12)(H,13,14). The maximum absolute atomic E-state index is 10.6. The van der Waals surface area contributed by atoms with E-state index in [0.717, 1.165) is 5.56 Å². The zero-order valence-corrected chi connectivity index (χ0v) is 7.47. The number of pyridine rings is 1. The van der Waals surface area contributed by atoms with E-state index in [-0.39, 0.29) is 5.69 Å². The molecule has 1 aromatic heterocycles. The third-order valence-corrected chi connectivity index (χ3v) is 1.72. The van der Waals surface area contributed by atoms with Gasteiger partial charge in [0.05, 0.1) is 5.69 Å². The van der Waals surface area contributed by atoms with Gasteiger partial charge in [0.2, 0.25) is 0 Å². The molecular formula is C9H9NO4. The number of carbonyl (C=O) groups is 2. The Hall–Kier alpha value is -1.91. The number of hydrogen-bond acceptors (Lipinski definition) is 3. The van der Waals surface area contributed by atoms with Gasteiger partial charge >= 0.3 is 11.9 Å². The first kappa shape index (κ1) is 10.2. The highest BCUT2D eigenvalue weighted by Gasteiger charge is 2.28. The van der Waals surface area contributed by atoms with Gasteiger partial charge in [-0.3, -0.25) is 14.6 Å². The Balaban J connectivity index is 3.06. The second kappa shape index (κ2) is 3.87. The number of aromatic nitrogens is 1. The van der Waals surface area contributed by atoms with Crippen molar-refractivity contribution in [3.8, 4) is 0 Å². The zero-order chi connectivity index (χ0) is 10.7. The summed E-state index contributed by atoms with van der Waals surface area (Å²) in [6.07, 6.45) is 1.44. The van der Waals surface area contributed by atoms with Gasteiger partial charge in [0.15, 0.2) is 5.92 Å². The third kappa shape index (κ3) is 2.07. The lowest BCUT2D eigenvalue weighted by atomic mass is 10.1. The van der Waals surface area contributed by atoms with Crippen molar-refractivity contribution in [2.45, 2.75) is 12.8 Å². The molecule has 5 heteroatoms. The predicted octanol–water partition coefficient (Wildman–Crippen LogP) is 0.643. The van der Waals surface area contributed by atoms with Crippen LogP contribution in [-0.2, 0) is 9.59 Å². The lowest BCUT2D eigenvalue weighted by Gasteiger charge is -2.06. The summed E-state index contributed by atoms with van der Waals surface area (Å²) >= 11 is 0. The summed E-state index contributed by atoms with van der Waals surface area (Å²) in [6, 6.07) is 3.03. The molecule has 0 fully saturated rings. The van der Waals surface area contributed by atoms with E-state index in [1.807, 2.05) is 0 Å². The number of rotatable bonds is 3. The molecular weight excluding hydrogens is 186 g/mol. The Labute approximate surface area is 80.0 Å². The van der Waals surface area contributed by atoms with Crippen LogP contribution in [0.15, 0.2) is 18.3 Å². The van der Waals surface area contributed by atoms with Crippen molar-refractivity contribution in [1.29, 1.82) is 0 Å². The van der Waals surface area contributed by atoms with Crippen LogP contribution < -0.4 is 0 Å². The summed E-state index contributed by atoms with van der Waals surface area (Å²) in [5, 5.41) is 17.3. The first-order chi connectivity index (χ1) is 6.52. The molecule has 14 heavy (non-hydrogen) atoms. The van der Waals surface area contributed by atoms with Gasteiger partial charge in [-0.2, -0.15) is 0 Å². The lowest BCUT2D eigenvalue weighted by Crippen LogP contribution is -2.22. The second-order valence-corrected chi connectivity index (χ2v) is 2.87. The van der Waals surface area contributed by atoms with E-state index < -0.39 is 17.9 Å². The fraction of sp³-hybridized carbons (Fsp3) is 0.222. The highest BCUT2D eigenvalue weighted by Crippen LogP contribution is 2.13. The Morgan fingerprint density at radius 3 is 2.21 bits per heavy atom. The van der Waals surface area contributed by atoms with Crippen LogP contribution in [0, 0.1) is 6.92 Å². The molecule has 0 saturated carbocycles. The molecule has 0 amide bonds. The van der Waals surface area contributed by atoms with Crippen LogP contribution in [0.2, 0.25) is 0 Å². The average molecular weight is 195 g/mol. The Bertz CT molecular complexity index is 344. The minimum Gasteiger partial charge on any atom is -0.480 e. The highest BCUT2D eigenvalue weighted by atomic mass is 16.4. The van der Waals surface area contributed by atoms with Crippen molar-refractivity contribution in [1.82, 2.24) is 4.98 Å². The van der Waals surface area contributed by atoms with Crippen molar-refractivity contribution in [2.24, 2.45) is 0 Å². The monoisotopic (exact) mass is 195 g/mol. The third-order valence-electron chi connectivity index (χ3n) is 1.72. The molecule has 0 bridgehead atoms. The fourth-order valence-electron chi connectivity index (χ4n) is 1.01. The van der Waals surface area contributed by atoms with Crippen LogP contribution in [0.3, 0.4) is 0 Å². The summed E-state index contributed by atoms with van der Waals surface area (Å²) in [7, 11) is 0. The molecule has 0 radical (unpaired) electrons. The van der Waals surface area contributed by atoms with Gasteiger partial charge in [-0.15, -0.1) is 0 Å². The van der Waals surface area contributed by atoms with E-state index in [1.54, 1.807) is 13.0 Å². The molecule has 0 aromatic carbocycles. The topological polar surface area (TPSA) is 87.5 Å². The molecule has 74 valence electrons. The summed E-state index contributed by atoms with van der Waals surface area (Å²) < 4.78 is 0. The number of carboxylic acids is 2. The maximum atomic E-state index is 10.6.